The average molecular weight is 357 g/mol. The summed E-state index contributed by atoms with van der Waals surface area (Å²) in [7, 11) is 0. The molecule has 0 aliphatic heterocycles. The zero-order valence-corrected chi connectivity index (χ0v) is 16.4. The van der Waals surface area contributed by atoms with Crippen molar-refractivity contribution in [2.24, 2.45) is 5.73 Å². The SMILES string of the molecule is CCCCCCCCCCCCCCCC(=O)NC(C(N)=O)C(C)O. The molecule has 2 unspecified atom stereocenters. The molecule has 0 aliphatic carbocycles. The number of unbranched alkanes of at least 4 members (excludes halogenated alkanes) is 12. The zero-order chi connectivity index (χ0) is 18.9. The molecule has 0 rings (SSSR count). The van der Waals surface area contributed by atoms with Crippen LogP contribution in [0.4, 0.5) is 0 Å². The van der Waals surface area contributed by atoms with Gasteiger partial charge in [0.1, 0.15) is 6.04 Å². The molecule has 0 spiro atoms. The summed E-state index contributed by atoms with van der Waals surface area (Å²) in [6, 6.07) is -0.991. The Morgan fingerprint density at radius 1 is 0.840 bits per heavy atom. The topological polar surface area (TPSA) is 92.4 Å². The first kappa shape index (κ1) is 23.9. The Balaban J connectivity index is 3.40. The lowest BCUT2D eigenvalue weighted by Gasteiger charge is -2.17. The molecular weight excluding hydrogens is 316 g/mol. The quantitative estimate of drug-likeness (QED) is 0.346. The number of hydrogen-bond donors (Lipinski definition) is 3. The summed E-state index contributed by atoms with van der Waals surface area (Å²) in [4.78, 5) is 22.8. The molecule has 25 heavy (non-hydrogen) atoms. The summed E-state index contributed by atoms with van der Waals surface area (Å²) >= 11 is 0. The molecule has 0 saturated carbocycles. The minimum absolute atomic E-state index is 0.215. The van der Waals surface area contributed by atoms with Gasteiger partial charge >= 0.3 is 0 Å². The van der Waals surface area contributed by atoms with Gasteiger partial charge in [-0.05, 0) is 13.3 Å². The van der Waals surface area contributed by atoms with Crippen LogP contribution in [-0.2, 0) is 9.59 Å². The second-order valence-electron chi connectivity index (χ2n) is 7.18. The van der Waals surface area contributed by atoms with Crippen molar-refractivity contribution in [1.29, 1.82) is 0 Å². The Hall–Kier alpha value is -1.10. The predicted molar refractivity (Wildman–Crippen MR) is 103 cm³/mol. The number of primary amides is 1. The van der Waals surface area contributed by atoms with Gasteiger partial charge in [-0.15, -0.1) is 0 Å². The normalized spacial score (nSPS) is 13.4. The first-order chi connectivity index (χ1) is 12.0. The summed E-state index contributed by atoms with van der Waals surface area (Å²) in [5, 5.41) is 11.9. The Morgan fingerprint density at radius 3 is 1.60 bits per heavy atom. The largest absolute Gasteiger partial charge is 0.391 e. The van der Waals surface area contributed by atoms with Crippen molar-refractivity contribution < 1.29 is 14.7 Å². The van der Waals surface area contributed by atoms with Crippen molar-refractivity contribution >= 4 is 11.8 Å². The van der Waals surface area contributed by atoms with Crippen LogP contribution in [0.25, 0.3) is 0 Å². The highest BCUT2D eigenvalue weighted by atomic mass is 16.3. The highest BCUT2D eigenvalue weighted by Gasteiger charge is 2.22. The van der Waals surface area contributed by atoms with Crippen LogP contribution in [0.2, 0.25) is 0 Å². The Bertz CT molecular complexity index is 346. The Morgan fingerprint density at radius 2 is 1.24 bits per heavy atom. The zero-order valence-electron chi connectivity index (χ0n) is 16.4. The lowest BCUT2D eigenvalue weighted by Crippen LogP contribution is -2.50. The van der Waals surface area contributed by atoms with Crippen LogP contribution >= 0.6 is 0 Å². The molecule has 0 radical (unpaired) electrons. The van der Waals surface area contributed by atoms with Crippen LogP contribution in [0.1, 0.15) is 104 Å². The van der Waals surface area contributed by atoms with E-state index < -0.39 is 18.1 Å². The first-order valence-electron chi connectivity index (χ1n) is 10.3. The van der Waals surface area contributed by atoms with Gasteiger partial charge in [-0.1, -0.05) is 84.0 Å². The van der Waals surface area contributed by atoms with Gasteiger partial charge in [-0.25, -0.2) is 0 Å². The Kier molecular flexibility index (Phi) is 15.7. The third kappa shape index (κ3) is 14.9. The number of nitrogens with two attached hydrogens (primary N) is 1. The third-order valence-corrected chi connectivity index (χ3v) is 4.61. The van der Waals surface area contributed by atoms with Gasteiger partial charge in [-0.3, -0.25) is 9.59 Å². The van der Waals surface area contributed by atoms with E-state index in [0.717, 1.165) is 19.3 Å². The highest BCUT2D eigenvalue weighted by Crippen LogP contribution is 2.13. The summed E-state index contributed by atoms with van der Waals surface area (Å²) in [6.45, 7) is 3.70. The predicted octanol–water partition coefficient (Wildman–Crippen LogP) is 3.82. The van der Waals surface area contributed by atoms with Gasteiger partial charge in [-0.2, -0.15) is 0 Å². The molecule has 0 bridgehead atoms. The molecule has 4 N–H and O–H groups in total. The standard InChI is InChI=1S/C20H40N2O3/c1-3-4-5-6-7-8-9-10-11-12-13-14-15-16-18(24)22-19(17(2)23)20(21)25/h17,19,23H,3-16H2,1-2H3,(H2,21,25)(H,22,24). The maximum Gasteiger partial charge on any atom is 0.242 e. The number of aliphatic hydroxyl groups is 1. The summed E-state index contributed by atoms with van der Waals surface area (Å²) in [5.74, 6) is -0.915. The first-order valence-corrected chi connectivity index (χ1v) is 10.3. The molecule has 0 aromatic heterocycles. The molecular formula is C20H40N2O3. The molecule has 0 fully saturated rings. The molecule has 2 amide bonds. The molecule has 0 aromatic carbocycles. The van der Waals surface area contributed by atoms with E-state index in [1.807, 2.05) is 0 Å². The molecule has 0 aromatic rings. The maximum absolute atomic E-state index is 11.7. The molecule has 5 nitrogen and oxygen atoms in total. The number of aliphatic hydroxyl groups excluding tert-OH is 1. The van der Waals surface area contributed by atoms with E-state index in [0.29, 0.717) is 6.42 Å². The molecule has 148 valence electrons. The van der Waals surface area contributed by atoms with E-state index in [-0.39, 0.29) is 5.91 Å². The molecule has 5 heteroatoms. The van der Waals surface area contributed by atoms with Crippen molar-refractivity contribution in [1.82, 2.24) is 5.32 Å². The van der Waals surface area contributed by atoms with Crippen molar-refractivity contribution in [3.8, 4) is 0 Å². The monoisotopic (exact) mass is 356 g/mol. The Labute approximate surface area is 154 Å². The molecule has 0 saturated heterocycles. The van der Waals surface area contributed by atoms with E-state index in [2.05, 4.69) is 12.2 Å². The van der Waals surface area contributed by atoms with E-state index in [1.54, 1.807) is 0 Å². The third-order valence-electron chi connectivity index (χ3n) is 4.61. The van der Waals surface area contributed by atoms with Crippen LogP contribution in [0.15, 0.2) is 0 Å². The fourth-order valence-electron chi connectivity index (χ4n) is 2.98. The van der Waals surface area contributed by atoms with Crippen molar-refractivity contribution in [2.75, 3.05) is 0 Å². The second-order valence-corrected chi connectivity index (χ2v) is 7.18. The summed E-state index contributed by atoms with van der Waals surface area (Å²) in [5.41, 5.74) is 5.15. The molecule has 0 aliphatic rings. The van der Waals surface area contributed by atoms with Gasteiger partial charge in [0.2, 0.25) is 11.8 Å². The van der Waals surface area contributed by atoms with Gasteiger partial charge in [0, 0.05) is 6.42 Å². The second kappa shape index (κ2) is 16.4. The highest BCUT2D eigenvalue weighted by molar-refractivity contribution is 5.86. The van der Waals surface area contributed by atoms with E-state index in [1.165, 1.54) is 71.1 Å². The number of carbonyl (C=O) groups is 2. The minimum Gasteiger partial charge on any atom is -0.391 e. The van der Waals surface area contributed by atoms with Crippen LogP contribution in [-0.4, -0.2) is 29.1 Å². The lowest BCUT2D eigenvalue weighted by molar-refractivity contribution is -0.129. The van der Waals surface area contributed by atoms with Crippen LogP contribution in [0, 0.1) is 0 Å². The van der Waals surface area contributed by atoms with Crippen LogP contribution in [0.3, 0.4) is 0 Å². The van der Waals surface area contributed by atoms with Crippen molar-refractivity contribution in [3.63, 3.8) is 0 Å². The van der Waals surface area contributed by atoms with E-state index >= 15 is 0 Å². The minimum atomic E-state index is -0.991. The van der Waals surface area contributed by atoms with Crippen LogP contribution in [0.5, 0.6) is 0 Å². The number of rotatable bonds is 17. The fraction of sp³-hybridized carbons (Fsp3) is 0.900. The molecule has 0 heterocycles. The number of nitrogens with one attached hydrogen (secondary N) is 1. The smallest absolute Gasteiger partial charge is 0.242 e. The number of carbonyl (C=O) groups excluding carboxylic acids is 2. The van der Waals surface area contributed by atoms with E-state index in [9.17, 15) is 14.7 Å². The van der Waals surface area contributed by atoms with Crippen molar-refractivity contribution in [3.05, 3.63) is 0 Å². The van der Waals surface area contributed by atoms with Gasteiger partial charge in [0.15, 0.2) is 0 Å². The summed E-state index contributed by atoms with van der Waals surface area (Å²) < 4.78 is 0. The van der Waals surface area contributed by atoms with E-state index in [4.69, 9.17) is 5.73 Å². The lowest BCUT2D eigenvalue weighted by atomic mass is 10.0. The maximum atomic E-state index is 11.7. The average Bonchev–Trinajstić information content (AvgIpc) is 2.56. The van der Waals surface area contributed by atoms with Gasteiger partial charge in [0.05, 0.1) is 6.10 Å². The van der Waals surface area contributed by atoms with Gasteiger partial charge < -0.3 is 16.2 Å². The van der Waals surface area contributed by atoms with Gasteiger partial charge in [0.25, 0.3) is 0 Å². The fourth-order valence-corrected chi connectivity index (χ4v) is 2.98. The van der Waals surface area contributed by atoms with Crippen molar-refractivity contribution in [2.45, 2.75) is 116 Å². The number of hydrogen-bond acceptors (Lipinski definition) is 3. The number of amides is 2. The molecule has 2 atom stereocenters. The summed E-state index contributed by atoms with van der Waals surface area (Å²) in [6.07, 6.45) is 15.8. The van der Waals surface area contributed by atoms with Crippen LogP contribution < -0.4 is 11.1 Å².